The first-order valence-corrected chi connectivity index (χ1v) is 6.54. The van der Waals surface area contributed by atoms with Gasteiger partial charge in [-0.05, 0) is 32.0 Å². The fourth-order valence-corrected chi connectivity index (χ4v) is 2.06. The first kappa shape index (κ1) is 16.9. The number of methoxy groups -OCH3 is 1. The molecule has 21 heavy (non-hydrogen) atoms. The Morgan fingerprint density at radius 1 is 1.43 bits per heavy atom. The summed E-state index contributed by atoms with van der Waals surface area (Å²) >= 11 is 0. The van der Waals surface area contributed by atoms with E-state index < -0.39 is 16.9 Å². The summed E-state index contributed by atoms with van der Waals surface area (Å²) in [5.41, 5.74) is 1.43. The van der Waals surface area contributed by atoms with E-state index >= 15 is 0 Å². The molecule has 1 aromatic carbocycles. The van der Waals surface area contributed by atoms with Crippen LogP contribution in [0.5, 0.6) is 5.75 Å². The van der Waals surface area contributed by atoms with Crippen molar-refractivity contribution in [2.24, 2.45) is 0 Å². The quantitative estimate of drug-likeness (QED) is 0.468. The van der Waals surface area contributed by atoms with Crippen LogP contribution in [-0.4, -0.2) is 37.7 Å². The number of aryl methyl sites for hydroxylation is 2. The van der Waals surface area contributed by atoms with Crippen LogP contribution in [0, 0.1) is 24.0 Å². The van der Waals surface area contributed by atoms with Gasteiger partial charge in [-0.1, -0.05) is 6.07 Å². The molecular formula is C14H20N2O5. The lowest BCUT2D eigenvalue weighted by molar-refractivity contribution is -0.386. The number of nitro groups is 1. The highest BCUT2D eigenvalue weighted by Crippen LogP contribution is 2.32. The molecule has 0 fully saturated rings. The van der Waals surface area contributed by atoms with E-state index in [1.165, 1.54) is 13.2 Å². The molecule has 0 aliphatic rings. The van der Waals surface area contributed by atoms with Crippen molar-refractivity contribution in [3.05, 3.63) is 33.4 Å². The van der Waals surface area contributed by atoms with Gasteiger partial charge in [-0.3, -0.25) is 14.9 Å². The third kappa shape index (κ3) is 4.42. The van der Waals surface area contributed by atoms with E-state index in [0.29, 0.717) is 12.0 Å². The summed E-state index contributed by atoms with van der Waals surface area (Å²) in [5, 5.41) is 13.9. The number of hydrogen-bond donors (Lipinski definition) is 1. The second-order valence-electron chi connectivity index (χ2n) is 4.69. The van der Waals surface area contributed by atoms with Crippen molar-refractivity contribution in [2.75, 3.05) is 20.8 Å². The van der Waals surface area contributed by atoms with Crippen molar-refractivity contribution < 1.29 is 19.2 Å². The maximum Gasteiger partial charge on any atom is 0.322 e. The molecule has 0 saturated heterocycles. The molecule has 1 N–H and O–H groups in total. The molecule has 0 aliphatic heterocycles. The minimum Gasteiger partial charge on any atom is -0.487 e. The molecular weight excluding hydrogens is 276 g/mol. The molecule has 116 valence electrons. The predicted molar refractivity (Wildman–Crippen MR) is 77.5 cm³/mol. The lowest BCUT2D eigenvalue weighted by Crippen LogP contribution is -2.36. The fourth-order valence-electron chi connectivity index (χ4n) is 2.06. The minimum absolute atomic E-state index is 0.0634. The Kier molecular flexibility index (Phi) is 6.10. The summed E-state index contributed by atoms with van der Waals surface area (Å²) < 4.78 is 10.2. The van der Waals surface area contributed by atoms with E-state index in [9.17, 15) is 14.9 Å². The Morgan fingerprint density at radius 2 is 2.10 bits per heavy atom. The number of nitro benzene ring substituents is 1. The summed E-state index contributed by atoms with van der Waals surface area (Å²) in [6.07, 6.45) is 0.355. The summed E-state index contributed by atoms with van der Waals surface area (Å²) in [6, 6.07) is 2.79. The maximum atomic E-state index is 11.4. The molecule has 1 atom stereocenters. The van der Waals surface area contributed by atoms with E-state index in [0.717, 1.165) is 5.56 Å². The largest absolute Gasteiger partial charge is 0.487 e. The first-order chi connectivity index (χ1) is 9.90. The van der Waals surface area contributed by atoms with Crippen LogP contribution >= 0.6 is 0 Å². The standard InChI is InChI=1S/C14H20N2O5/c1-9-7-10(2)13(12(8-9)16(18)19)21-6-5-11(15-3)14(17)20-4/h7-8,11,15H,5-6H2,1-4H3. The number of ether oxygens (including phenoxy) is 2. The zero-order valence-corrected chi connectivity index (χ0v) is 12.6. The van der Waals surface area contributed by atoms with Crippen molar-refractivity contribution >= 4 is 11.7 Å². The number of esters is 1. The third-order valence-corrected chi connectivity index (χ3v) is 3.08. The van der Waals surface area contributed by atoms with Crippen LogP contribution in [-0.2, 0) is 9.53 Å². The fraction of sp³-hybridized carbons (Fsp3) is 0.500. The van der Waals surface area contributed by atoms with Crippen molar-refractivity contribution in [3.63, 3.8) is 0 Å². The lowest BCUT2D eigenvalue weighted by atomic mass is 10.1. The Hall–Kier alpha value is -2.15. The van der Waals surface area contributed by atoms with Gasteiger partial charge in [0, 0.05) is 12.5 Å². The average Bonchev–Trinajstić information content (AvgIpc) is 2.44. The topological polar surface area (TPSA) is 90.7 Å². The normalized spacial score (nSPS) is 11.8. The van der Waals surface area contributed by atoms with E-state index in [-0.39, 0.29) is 18.0 Å². The zero-order chi connectivity index (χ0) is 16.0. The van der Waals surface area contributed by atoms with Crippen LogP contribution in [0.4, 0.5) is 5.69 Å². The summed E-state index contributed by atoms with van der Waals surface area (Å²) in [6.45, 7) is 3.72. The molecule has 1 rings (SSSR count). The Bertz CT molecular complexity index is 530. The number of benzene rings is 1. The SMILES string of the molecule is CNC(CCOc1c(C)cc(C)cc1[N+](=O)[O-])C(=O)OC. The highest BCUT2D eigenvalue weighted by Gasteiger charge is 2.21. The Balaban J connectivity index is 2.80. The van der Waals surface area contributed by atoms with Crippen LogP contribution in [0.25, 0.3) is 0 Å². The summed E-state index contributed by atoms with van der Waals surface area (Å²) in [5.74, 6) is -0.151. The van der Waals surface area contributed by atoms with Gasteiger partial charge in [-0.15, -0.1) is 0 Å². The van der Waals surface area contributed by atoms with Gasteiger partial charge in [0.25, 0.3) is 0 Å². The van der Waals surface area contributed by atoms with Crippen LogP contribution in [0.15, 0.2) is 12.1 Å². The number of rotatable bonds is 7. The molecule has 0 radical (unpaired) electrons. The molecule has 7 heteroatoms. The highest BCUT2D eigenvalue weighted by molar-refractivity contribution is 5.75. The van der Waals surface area contributed by atoms with E-state index in [1.54, 1.807) is 20.9 Å². The molecule has 0 heterocycles. The average molecular weight is 296 g/mol. The van der Waals surface area contributed by atoms with Crippen LogP contribution < -0.4 is 10.1 Å². The molecule has 0 bridgehead atoms. The van der Waals surface area contributed by atoms with Crippen molar-refractivity contribution in [3.8, 4) is 5.75 Å². The number of nitrogens with zero attached hydrogens (tertiary/aromatic N) is 1. The molecule has 0 aliphatic carbocycles. The Morgan fingerprint density at radius 3 is 2.62 bits per heavy atom. The van der Waals surface area contributed by atoms with Gasteiger partial charge in [0.05, 0.1) is 18.6 Å². The van der Waals surface area contributed by atoms with Crippen molar-refractivity contribution in [1.82, 2.24) is 5.32 Å². The molecule has 7 nitrogen and oxygen atoms in total. The van der Waals surface area contributed by atoms with Crippen LogP contribution in [0.1, 0.15) is 17.5 Å². The number of likely N-dealkylation sites (N-methyl/N-ethyl adjacent to an activating group) is 1. The number of hydrogen-bond acceptors (Lipinski definition) is 6. The van der Waals surface area contributed by atoms with Gasteiger partial charge in [0.1, 0.15) is 6.04 Å². The molecule has 0 aromatic heterocycles. The monoisotopic (exact) mass is 296 g/mol. The molecule has 1 unspecified atom stereocenters. The van der Waals surface area contributed by atoms with Gasteiger partial charge in [0.2, 0.25) is 0 Å². The Labute approximate surface area is 123 Å². The maximum absolute atomic E-state index is 11.4. The summed E-state index contributed by atoms with van der Waals surface area (Å²) in [7, 11) is 2.95. The smallest absolute Gasteiger partial charge is 0.322 e. The molecule has 0 spiro atoms. The van der Waals surface area contributed by atoms with Gasteiger partial charge >= 0.3 is 11.7 Å². The molecule has 1 aromatic rings. The zero-order valence-electron chi connectivity index (χ0n) is 12.6. The number of nitrogens with one attached hydrogen (secondary N) is 1. The van der Waals surface area contributed by atoms with Crippen molar-refractivity contribution in [1.29, 1.82) is 0 Å². The van der Waals surface area contributed by atoms with Crippen molar-refractivity contribution in [2.45, 2.75) is 26.3 Å². The second kappa shape index (κ2) is 7.58. The van der Waals surface area contributed by atoms with Gasteiger partial charge in [-0.2, -0.15) is 0 Å². The van der Waals surface area contributed by atoms with Gasteiger partial charge < -0.3 is 14.8 Å². The number of carbonyl (C=O) groups is 1. The molecule has 0 amide bonds. The van der Waals surface area contributed by atoms with Crippen LogP contribution in [0.3, 0.4) is 0 Å². The van der Waals surface area contributed by atoms with E-state index in [4.69, 9.17) is 4.74 Å². The highest BCUT2D eigenvalue weighted by atomic mass is 16.6. The van der Waals surface area contributed by atoms with E-state index in [2.05, 4.69) is 10.1 Å². The minimum atomic E-state index is -0.500. The number of carbonyl (C=O) groups excluding carboxylic acids is 1. The van der Waals surface area contributed by atoms with Crippen LogP contribution in [0.2, 0.25) is 0 Å². The predicted octanol–water partition coefficient (Wildman–Crippen LogP) is 1.74. The molecule has 0 saturated carbocycles. The van der Waals surface area contributed by atoms with Gasteiger partial charge in [0.15, 0.2) is 5.75 Å². The first-order valence-electron chi connectivity index (χ1n) is 6.54. The summed E-state index contributed by atoms with van der Waals surface area (Å²) in [4.78, 5) is 22.0. The lowest BCUT2D eigenvalue weighted by Gasteiger charge is -2.15. The van der Waals surface area contributed by atoms with E-state index in [1.807, 2.05) is 6.07 Å². The van der Waals surface area contributed by atoms with Gasteiger partial charge in [-0.25, -0.2) is 0 Å². The third-order valence-electron chi connectivity index (χ3n) is 3.08. The second-order valence-corrected chi connectivity index (χ2v) is 4.69.